The molecule has 0 aliphatic carbocycles. The highest BCUT2D eigenvalue weighted by Gasteiger charge is 2.27. The molecule has 168 valence electrons. The molecule has 0 radical (unpaired) electrons. The minimum atomic E-state index is -0.150. The summed E-state index contributed by atoms with van der Waals surface area (Å²) in [6.07, 6.45) is 3.88. The smallest absolute Gasteiger partial charge is 0.295 e. The maximum Gasteiger partial charge on any atom is 0.295 e. The summed E-state index contributed by atoms with van der Waals surface area (Å²) < 4.78 is 6.72. The lowest BCUT2D eigenvalue weighted by molar-refractivity contribution is -0.125. The minimum Gasteiger partial charge on any atom is -0.385 e. The molecule has 1 fully saturated rings. The maximum absolute atomic E-state index is 13.4. The van der Waals surface area contributed by atoms with Gasteiger partial charge in [0.1, 0.15) is 5.52 Å². The van der Waals surface area contributed by atoms with Crippen LogP contribution in [0.5, 0.6) is 0 Å². The van der Waals surface area contributed by atoms with Gasteiger partial charge < -0.3 is 15.0 Å². The molecule has 3 heterocycles. The lowest BCUT2D eigenvalue weighted by Gasteiger charge is -2.32. The summed E-state index contributed by atoms with van der Waals surface area (Å²) in [5, 5.41) is 2.99. The number of ether oxygens (including phenoxy) is 1. The van der Waals surface area contributed by atoms with Crippen LogP contribution in [0.4, 0.5) is 5.82 Å². The zero-order valence-corrected chi connectivity index (χ0v) is 18.4. The Balaban J connectivity index is 1.52. The molecule has 1 aromatic carbocycles. The number of pyridine rings is 1. The summed E-state index contributed by atoms with van der Waals surface area (Å²) in [6, 6.07) is 13.6. The Labute approximate surface area is 187 Å². The van der Waals surface area contributed by atoms with Gasteiger partial charge in [-0.05, 0) is 37.0 Å². The second kappa shape index (κ2) is 10.4. The number of nitrogens with zero attached hydrogens (tertiary/aromatic N) is 4. The van der Waals surface area contributed by atoms with Crippen LogP contribution in [0.25, 0.3) is 11.2 Å². The van der Waals surface area contributed by atoms with E-state index in [0.717, 1.165) is 12.0 Å². The number of benzene rings is 1. The third-order valence-electron chi connectivity index (χ3n) is 5.86. The molecule has 3 aromatic rings. The van der Waals surface area contributed by atoms with Crippen molar-refractivity contribution >= 4 is 22.9 Å². The fourth-order valence-electron chi connectivity index (χ4n) is 4.11. The summed E-state index contributed by atoms with van der Waals surface area (Å²) in [6.45, 7) is 2.93. The molecule has 1 aliphatic rings. The summed E-state index contributed by atoms with van der Waals surface area (Å²) in [4.78, 5) is 37.0. The van der Waals surface area contributed by atoms with Gasteiger partial charge in [-0.3, -0.25) is 14.2 Å². The van der Waals surface area contributed by atoms with E-state index in [1.807, 2.05) is 47.4 Å². The van der Waals surface area contributed by atoms with Gasteiger partial charge in [-0.25, -0.2) is 9.97 Å². The van der Waals surface area contributed by atoms with Crippen molar-refractivity contribution in [2.45, 2.75) is 25.8 Å². The van der Waals surface area contributed by atoms with Crippen molar-refractivity contribution in [3.8, 4) is 0 Å². The molecule has 1 amide bonds. The van der Waals surface area contributed by atoms with E-state index in [2.05, 4.69) is 15.3 Å². The lowest BCUT2D eigenvalue weighted by atomic mass is 9.96. The number of rotatable bonds is 8. The number of fused-ring (bicyclic) bond motifs is 1. The fraction of sp³-hybridized carbons (Fsp3) is 0.417. The second-order valence-corrected chi connectivity index (χ2v) is 8.06. The van der Waals surface area contributed by atoms with E-state index in [9.17, 15) is 9.59 Å². The van der Waals surface area contributed by atoms with Gasteiger partial charge in [-0.2, -0.15) is 0 Å². The second-order valence-electron chi connectivity index (χ2n) is 8.06. The summed E-state index contributed by atoms with van der Waals surface area (Å²) in [5.74, 6) is 0.473. The molecule has 1 saturated heterocycles. The SMILES string of the molecule is COCCCNC(=O)C1CCN(c2nc3cccnc3n(Cc3ccccc3)c2=O)CC1. The number of amides is 1. The van der Waals surface area contributed by atoms with Crippen molar-refractivity contribution in [1.82, 2.24) is 19.9 Å². The molecule has 0 unspecified atom stereocenters. The number of aromatic nitrogens is 3. The third-order valence-corrected chi connectivity index (χ3v) is 5.86. The van der Waals surface area contributed by atoms with Gasteiger partial charge in [0.2, 0.25) is 5.91 Å². The molecule has 1 N–H and O–H groups in total. The number of methoxy groups -OCH3 is 1. The van der Waals surface area contributed by atoms with Gasteiger partial charge in [0.25, 0.3) is 5.56 Å². The number of anilines is 1. The molecule has 8 nitrogen and oxygen atoms in total. The van der Waals surface area contributed by atoms with Gasteiger partial charge >= 0.3 is 0 Å². The number of carbonyl (C=O) groups is 1. The van der Waals surface area contributed by atoms with Crippen LogP contribution in [0.15, 0.2) is 53.5 Å². The van der Waals surface area contributed by atoms with Crippen molar-refractivity contribution < 1.29 is 9.53 Å². The number of hydrogen-bond acceptors (Lipinski definition) is 6. The molecule has 0 spiro atoms. The van der Waals surface area contributed by atoms with Gasteiger partial charge in [0.15, 0.2) is 11.5 Å². The monoisotopic (exact) mass is 435 g/mol. The van der Waals surface area contributed by atoms with Crippen LogP contribution in [0, 0.1) is 5.92 Å². The minimum absolute atomic E-state index is 0.0394. The van der Waals surface area contributed by atoms with E-state index >= 15 is 0 Å². The first kappa shape index (κ1) is 22.0. The summed E-state index contributed by atoms with van der Waals surface area (Å²) in [5.41, 5.74) is 2.15. The highest BCUT2D eigenvalue weighted by molar-refractivity contribution is 5.79. The predicted octanol–water partition coefficient (Wildman–Crippen LogP) is 2.21. The van der Waals surface area contributed by atoms with E-state index in [-0.39, 0.29) is 17.4 Å². The topological polar surface area (TPSA) is 89.3 Å². The third kappa shape index (κ3) is 4.96. The van der Waals surface area contributed by atoms with Crippen LogP contribution in [-0.2, 0) is 16.1 Å². The standard InChI is InChI=1S/C24H29N5O3/c1-32-16-6-13-26-23(30)19-10-14-28(15-11-19)22-24(31)29(17-18-7-3-2-4-8-18)21-20(27-22)9-5-12-25-21/h2-5,7-9,12,19H,6,10-11,13-17H2,1H3,(H,26,30). The molecule has 2 aromatic heterocycles. The van der Waals surface area contributed by atoms with Gasteiger partial charge in [0, 0.05) is 45.5 Å². The Bertz CT molecular complexity index is 1110. The van der Waals surface area contributed by atoms with E-state index < -0.39 is 0 Å². The molecule has 0 saturated carbocycles. The number of piperidine rings is 1. The number of carbonyl (C=O) groups excluding carboxylic acids is 1. The quantitative estimate of drug-likeness (QED) is 0.546. The molecule has 0 bridgehead atoms. The first-order valence-corrected chi connectivity index (χ1v) is 11.1. The first-order valence-electron chi connectivity index (χ1n) is 11.1. The molecule has 1 aliphatic heterocycles. The molecule has 8 heteroatoms. The molecular formula is C24H29N5O3. The molecule has 4 rings (SSSR count). The highest BCUT2D eigenvalue weighted by Crippen LogP contribution is 2.22. The average Bonchev–Trinajstić information content (AvgIpc) is 2.84. The van der Waals surface area contributed by atoms with Gasteiger partial charge in [-0.1, -0.05) is 30.3 Å². The Kier molecular flexibility index (Phi) is 7.11. The van der Waals surface area contributed by atoms with Gasteiger partial charge in [0.05, 0.1) is 6.54 Å². The van der Waals surface area contributed by atoms with Crippen LogP contribution >= 0.6 is 0 Å². The zero-order chi connectivity index (χ0) is 22.3. The van der Waals surface area contributed by atoms with E-state index in [1.54, 1.807) is 17.9 Å². The average molecular weight is 436 g/mol. The number of nitrogens with one attached hydrogen (secondary N) is 1. The number of hydrogen-bond donors (Lipinski definition) is 1. The van der Waals surface area contributed by atoms with Crippen molar-refractivity contribution in [1.29, 1.82) is 0 Å². The Morgan fingerprint density at radius 1 is 1.16 bits per heavy atom. The Morgan fingerprint density at radius 3 is 2.69 bits per heavy atom. The van der Waals surface area contributed by atoms with Crippen molar-refractivity contribution in [3.05, 3.63) is 64.6 Å². The largest absolute Gasteiger partial charge is 0.385 e. The summed E-state index contributed by atoms with van der Waals surface area (Å²) >= 11 is 0. The summed E-state index contributed by atoms with van der Waals surface area (Å²) in [7, 11) is 1.66. The maximum atomic E-state index is 13.4. The molecule has 0 atom stereocenters. The molecular weight excluding hydrogens is 406 g/mol. The zero-order valence-electron chi connectivity index (χ0n) is 18.4. The van der Waals surface area contributed by atoms with Crippen LogP contribution in [0.2, 0.25) is 0 Å². The van der Waals surface area contributed by atoms with Crippen molar-refractivity contribution in [3.63, 3.8) is 0 Å². The Morgan fingerprint density at radius 2 is 1.94 bits per heavy atom. The van der Waals surface area contributed by atoms with Crippen LogP contribution in [0.1, 0.15) is 24.8 Å². The van der Waals surface area contributed by atoms with E-state index in [4.69, 9.17) is 4.74 Å². The fourth-order valence-corrected chi connectivity index (χ4v) is 4.11. The van der Waals surface area contributed by atoms with Crippen molar-refractivity contribution in [2.75, 3.05) is 38.3 Å². The lowest BCUT2D eigenvalue weighted by Crippen LogP contribution is -2.43. The highest BCUT2D eigenvalue weighted by atomic mass is 16.5. The Hall–Kier alpha value is -3.26. The van der Waals surface area contributed by atoms with Crippen LogP contribution in [-0.4, -0.2) is 53.8 Å². The molecule has 32 heavy (non-hydrogen) atoms. The normalized spacial score (nSPS) is 14.6. The van der Waals surface area contributed by atoms with Gasteiger partial charge in [-0.15, -0.1) is 0 Å². The van der Waals surface area contributed by atoms with Crippen LogP contribution < -0.4 is 15.8 Å². The predicted molar refractivity (Wildman–Crippen MR) is 124 cm³/mol. The van der Waals surface area contributed by atoms with Crippen molar-refractivity contribution in [2.24, 2.45) is 5.92 Å². The van der Waals surface area contributed by atoms with Crippen LogP contribution in [0.3, 0.4) is 0 Å². The van der Waals surface area contributed by atoms with E-state index in [0.29, 0.717) is 62.6 Å². The first-order chi connectivity index (χ1) is 15.7. The van der Waals surface area contributed by atoms with E-state index in [1.165, 1.54) is 0 Å².